The molecule has 1 aromatic rings. The fraction of sp³-hybridized carbons (Fsp3) is 0.522. The first-order valence-electron chi connectivity index (χ1n) is 10.8. The molecule has 0 saturated heterocycles. The summed E-state index contributed by atoms with van der Waals surface area (Å²) in [5.41, 5.74) is 0.776. The van der Waals surface area contributed by atoms with Crippen molar-refractivity contribution in [1.29, 1.82) is 0 Å². The van der Waals surface area contributed by atoms with Gasteiger partial charge in [0.2, 0.25) is 11.8 Å². The zero-order valence-electron chi connectivity index (χ0n) is 19.8. The lowest BCUT2D eigenvalue weighted by atomic mass is 10.0. The Morgan fingerprint density at radius 3 is 2.15 bits per heavy atom. The molecular formula is C23H32FN3O7. The molecule has 0 bridgehead atoms. The van der Waals surface area contributed by atoms with Crippen molar-refractivity contribution in [2.24, 2.45) is 5.92 Å². The normalized spacial score (nSPS) is 13.2. The molecule has 0 aliphatic heterocycles. The van der Waals surface area contributed by atoms with E-state index < -0.39 is 54.5 Å². The van der Waals surface area contributed by atoms with Gasteiger partial charge in [-0.1, -0.05) is 44.2 Å². The third-order valence-electron chi connectivity index (χ3n) is 4.89. The lowest BCUT2D eigenvalue weighted by molar-refractivity contribution is -0.141. The number of hydrogen-bond acceptors (Lipinski definition) is 7. The molecule has 0 fully saturated rings. The SMILES string of the molecule is COC(=O)CCC(NC(=O)C(C)NC(=O)C(NC(=O)OCc1ccccc1)C(C)C)C(=O)CF. The van der Waals surface area contributed by atoms with E-state index in [-0.39, 0.29) is 25.4 Å². The van der Waals surface area contributed by atoms with E-state index in [9.17, 15) is 28.4 Å². The zero-order valence-corrected chi connectivity index (χ0v) is 19.8. The fourth-order valence-corrected chi connectivity index (χ4v) is 2.86. The lowest BCUT2D eigenvalue weighted by Gasteiger charge is -2.24. The number of alkyl halides is 1. The molecule has 1 aromatic carbocycles. The Kier molecular flexibility index (Phi) is 12.3. The Morgan fingerprint density at radius 2 is 1.59 bits per heavy atom. The van der Waals surface area contributed by atoms with Crippen molar-refractivity contribution in [2.75, 3.05) is 13.8 Å². The number of carbonyl (C=O) groups is 5. The highest BCUT2D eigenvalue weighted by Gasteiger charge is 2.29. The predicted octanol–water partition coefficient (Wildman–Crippen LogP) is 1.42. The molecule has 10 nitrogen and oxygen atoms in total. The summed E-state index contributed by atoms with van der Waals surface area (Å²) in [7, 11) is 1.17. The van der Waals surface area contributed by atoms with E-state index >= 15 is 0 Å². The Bertz CT molecular complexity index is 848. The maximum atomic E-state index is 12.9. The van der Waals surface area contributed by atoms with E-state index in [1.165, 1.54) is 14.0 Å². The van der Waals surface area contributed by atoms with Crippen molar-refractivity contribution in [1.82, 2.24) is 16.0 Å². The number of ketones is 1. The third-order valence-corrected chi connectivity index (χ3v) is 4.89. The largest absolute Gasteiger partial charge is 0.469 e. The average molecular weight is 482 g/mol. The van der Waals surface area contributed by atoms with E-state index in [2.05, 4.69) is 20.7 Å². The quantitative estimate of drug-likeness (QED) is 0.362. The smallest absolute Gasteiger partial charge is 0.408 e. The monoisotopic (exact) mass is 481 g/mol. The van der Waals surface area contributed by atoms with Gasteiger partial charge in [-0.3, -0.25) is 19.2 Å². The highest BCUT2D eigenvalue weighted by Crippen LogP contribution is 2.06. The standard InChI is InChI=1S/C23H32FN3O7/c1-14(2)20(27-23(32)34-13-16-8-6-5-7-9-16)22(31)25-15(3)21(30)26-17(18(28)12-24)10-11-19(29)33-4/h5-9,14-15,17,20H,10-13H2,1-4H3,(H,25,31)(H,26,30)(H,27,32). The third kappa shape index (κ3) is 9.97. The summed E-state index contributed by atoms with van der Waals surface area (Å²) in [6, 6.07) is 5.64. The molecular weight excluding hydrogens is 449 g/mol. The van der Waals surface area contributed by atoms with Crippen LogP contribution in [0.15, 0.2) is 30.3 Å². The van der Waals surface area contributed by atoms with Crippen molar-refractivity contribution in [2.45, 2.75) is 58.3 Å². The van der Waals surface area contributed by atoms with E-state index in [1.54, 1.807) is 38.1 Å². The van der Waals surface area contributed by atoms with Crippen LogP contribution in [0.3, 0.4) is 0 Å². The van der Waals surface area contributed by atoms with Gasteiger partial charge in [-0.15, -0.1) is 0 Å². The molecule has 0 aliphatic carbocycles. The minimum atomic E-state index is -1.32. The Balaban J connectivity index is 2.67. The fourth-order valence-electron chi connectivity index (χ4n) is 2.86. The number of ether oxygens (including phenoxy) is 2. The molecule has 0 aromatic heterocycles. The molecule has 0 radical (unpaired) electrons. The highest BCUT2D eigenvalue weighted by atomic mass is 19.1. The zero-order chi connectivity index (χ0) is 25.7. The first-order valence-corrected chi connectivity index (χ1v) is 10.8. The molecule has 3 unspecified atom stereocenters. The second-order valence-electron chi connectivity index (χ2n) is 7.93. The van der Waals surface area contributed by atoms with Crippen LogP contribution in [0.4, 0.5) is 9.18 Å². The number of esters is 1. The van der Waals surface area contributed by atoms with E-state index in [0.717, 1.165) is 5.56 Å². The Morgan fingerprint density at radius 1 is 0.941 bits per heavy atom. The summed E-state index contributed by atoms with van der Waals surface area (Å²) in [6.07, 6.45) is -1.14. The van der Waals surface area contributed by atoms with Gasteiger partial charge in [0, 0.05) is 6.42 Å². The van der Waals surface area contributed by atoms with Gasteiger partial charge in [-0.2, -0.15) is 0 Å². The van der Waals surface area contributed by atoms with E-state index in [0.29, 0.717) is 0 Å². The highest BCUT2D eigenvalue weighted by molar-refractivity contribution is 5.94. The number of benzene rings is 1. The number of alkyl carbamates (subject to hydrolysis) is 1. The van der Waals surface area contributed by atoms with Gasteiger partial charge in [0.25, 0.3) is 0 Å². The molecule has 3 amide bonds. The van der Waals surface area contributed by atoms with Gasteiger partial charge >= 0.3 is 12.1 Å². The molecule has 0 aliphatic rings. The number of hydrogen-bond donors (Lipinski definition) is 3. The summed E-state index contributed by atoms with van der Waals surface area (Å²) in [4.78, 5) is 60.4. The van der Waals surface area contributed by atoms with Crippen molar-refractivity contribution < 1.29 is 37.8 Å². The van der Waals surface area contributed by atoms with E-state index in [4.69, 9.17) is 4.74 Å². The maximum absolute atomic E-state index is 12.9. The second kappa shape index (κ2) is 14.6. The van der Waals surface area contributed by atoms with Gasteiger partial charge < -0.3 is 25.4 Å². The Labute approximate surface area is 197 Å². The van der Waals surface area contributed by atoms with Gasteiger partial charge in [-0.25, -0.2) is 9.18 Å². The number of carbonyl (C=O) groups excluding carboxylic acids is 5. The van der Waals surface area contributed by atoms with Crippen molar-refractivity contribution in [3.63, 3.8) is 0 Å². The first-order chi connectivity index (χ1) is 16.1. The van der Waals surface area contributed by atoms with Crippen molar-refractivity contribution >= 4 is 29.7 Å². The molecule has 3 atom stereocenters. The van der Waals surface area contributed by atoms with Crippen molar-refractivity contribution in [3.05, 3.63) is 35.9 Å². The number of methoxy groups -OCH3 is 1. The van der Waals surface area contributed by atoms with Crippen LogP contribution in [-0.4, -0.2) is 61.6 Å². The number of rotatable bonds is 13. The van der Waals surface area contributed by atoms with Crippen molar-refractivity contribution in [3.8, 4) is 0 Å². The molecule has 11 heteroatoms. The number of amides is 3. The first kappa shape index (κ1) is 28.5. The van der Waals surface area contributed by atoms with Gasteiger partial charge in [0.05, 0.1) is 13.2 Å². The second-order valence-corrected chi connectivity index (χ2v) is 7.93. The lowest BCUT2D eigenvalue weighted by Crippen LogP contribution is -2.56. The van der Waals surface area contributed by atoms with E-state index in [1.807, 2.05) is 6.07 Å². The Hall–Kier alpha value is -3.50. The molecule has 0 spiro atoms. The number of nitrogens with one attached hydrogen (secondary N) is 3. The minimum Gasteiger partial charge on any atom is -0.469 e. The topological polar surface area (TPSA) is 140 Å². The van der Waals surface area contributed by atoms with Crippen LogP contribution in [-0.2, 0) is 35.3 Å². The van der Waals surface area contributed by atoms with Gasteiger partial charge in [0.1, 0.15) is 25.4 Å². The molecule has 34 heavy (non-hydrogen) atoms. The van der Waals surface area contributed by atoms with Gasteiger partial charge in [0.15, 0.2) is 5.78 Å². The average Bonchev–Trinajstić information content (AvgIpc) is 2.82. The van der Waals surface area contributed by atoms with Crippen LogP contribution in [0.1, 0.15) is 39.2 Å². The number of halogens is 1. The van der Waals surface area contributed by atoms with Crippen LogP contribution in [0.5, 0.6) is 0 Å². The molecule has 188 valence electrons. The molecule has 0 saturated carbocycles. The summed E-state index contributed by atoms with van der Waals surface area (Å²) in [6.45, 7) is 3.48. The minimum absolute atomic E-state index is 0.0213. The molecule has 1 rings (SSSR count). The van der Waals surface area contributed by atoms with Crippen LogP contribution in [0, 0.1) is 5.92 Å². The summed E-state index contributed by atoms with van der Waals surface area (Å²) >= 11 is 0. The maximum Gasteiger partial charge on any atom is 0.408 e. The van der Waals surface area contributed by atoms with Crippen LogP contribution in [0.25, 0.3) is 0 Å². The van der Waals surface area contributed by atoms with Crippen LogP contribution >= 0.6 is 0 Å². The summed E-state index contributed by atoms with van der Waals surface area (Å²) in [5.74, 6) is -3.24. The predicted molar refractivity (Wildman–Crippen MR) is 120 cm³/mol. The molecule has 0 heterocycles. The van der Waals surface area contributed by atoms with Gasteiger partial charge in [-0.05, 0) is 24.8 Å². The summed E-state index contributed by atoms with van der Waals surface area (Å²) < 4.78 is 22.5. The van der Waals surface area contributed by atoms with Crippen LogP contribution in [0.2, 0.25) is 0 Å². The molecule has 3 N–H and O–H groups in total. The number of Topliss-reactive ketones (excluding diaryl/α,β-unsaturated/α-hetero) is 1. The van der Waals surface area contributed by atoms with Crippen LogP contribution < -0.4 is 16.0 Å². The summed E-state index contributed by atoms with van der Waals surface area (Å²) in [5, 5.41) is 7.28.